The summed E-state index contributed by atoms with van der Waals surface area (Å²) in [5, 5.41) is 0. The van der Waals surface area contributed by atoms with Gasteiger partial charge in [0, 0.05) is 36.6 Å². The summed E-state index contributed by atoms with van der Waals surface area (Å²) in [6.45, 7) is 4.32. The van der Waals surface area contributed by atoms with E-state index in [2.05, 4.69) is 51.8 Å². The van der Waals surface area contributed by atoms with Crippen LogP contribution in [0.25, 0.3) is 11.1 Å². The molecular weight excluding hydrogens is 468 g/mol. The van der Waals surface area contributed by atoms with Gasteiger partial charge in [0.05, 0.1) is 0 Å². The van der Waals surface area contributed by atoms with Crippen molar-refractivity contribution in [2.45, 2.75) is 19.3 Å². The van der Waals surface area contributed by atoms with Crippen molar-refractivity contribution < 1.29 is 9.59 Å². The number of ketones is 2. The fourth-order valence-corrected chi connectivity index (χ4v) is 6.16. The van der Waals surface area contributed by atoms with E-state index in [1.807, 2.05) is 18.2 Å². The van der Waals surface area contributed by atoms with Gasteiger partial charge in [-0.05, 0) is 46.5 Å². The van der Waals surface area contributed by atoms with Crippen molar-refractivity contribution in [3.63, 3.8) is 0 Å². The van der Waals surface area contributed by atoms with Crippen LogP contribution >= 0.6 is 31.9 Å². The van der Waals surface area contributed by atoms with E-state index in [9.17, 15) is 9.59 Å². The number of carbonyl (C=O) groups is 2. The van der Waals surface area contributed by atoms with Crippen LogP contribution in [0.4, 0.5) is 0 Å². The summed E-state index contributed by atoms with van der Waals surface area (Å²) in [6, 6.07) is 15.0. The SMILES string of the molecule is CC1(C)c2cc3c(cc2-c2cc(Br)cc(Br)c21)C(=O)c1ccccc1C3=O. The Morgan fingerprint density at radius 1 is 0.704 bits per heavy atom. The van der Waals surface area contributed by atoms with Gasteiger partial charge in [0.1, 0.15) is 0 Å². The van der Waals surface area contributed by atoms with Crippen molar-refractivity contribution in [1.82, 2.24) is 0 Å². The van der Waals surface area contributed by atoms with Crippen LogP contribution in [0.2, 0.25) is 0 Å². The maximum atomic E-state index is 13.1. The predicted molar refractivity (Wildman–Crippen MR) is 113 cm³/mol. The molecule has 0 saturated heterocycles. The molecule has 27 heavy (non-hydrogen) atoms. The Morgan fingerprint density at radius 2 is 1.30 bits per heavy atom. The van der Waals surface area contributed by atoms with Crippen LogP contribution in [0.1, 0.15) is 56.8 Å². The molecule has 132 valence electrons. The highest BCUT2D eigenvalue weighted by atomic mass is 79.9. The van der Waals surface area contributed by atoms with E-state index in [0.717, 1.165) is 25.6 Å². The molecule has 0 unspecified atom stereocenters. The zero-order chi connectivity index (χ0) is 19.1. The molecule has 2 aliphatic rings. The summed E-state index contributed by atoms with van der Waals surface area (Å²) in [5.41, 5.74) is 6.10. The zero-order valence-corrected chi connectivity index (χ0v) is 17.9. The average Bonchev–Trinajstić information content (AvgIpc) is 2.85. The van der Waals surface area contributed by atoms with E-state index < -0.39 is 0 Å². The average molecular weight is 482 g/mol. The van der Waals surface area contributed by atoms with Crippen LogP contribution in [0.3, 0.4) is 0 Å². The van der Waals surface area contributed by atoms with Gasteiger partial charge in [-0.2, -0.15) is 0 Å². The Bertz CT molecular complexity index is 1210. The monoisotopic (exact) mass is 480 g/mol. The Morgan fingerprint density at radius 3 is 1.93 bits per heavy atom. The maximum Gasteiger partial charge on any atom is 0.194 e. The third-order valence-electron chi connectivity index (χ3n) is 5.71. The van der Waals surface area contributed by atoms with Crippen molar-refractivity contribution in [2.24, 2.45) is 0 Å². The van der Waals surface area contributed by atoms with Gasteiger partial charge < -0.3 is 0 Å². The fourth-order valence-electron chi connectivity index (χ4n) is 4.44. The molecule has 2 aliphatic carbocycles. The van der Waals surface area contributed by atoms with Crippen LogP contribution in [0.15, 0.2) is 57.5 Å². The smallest absolute Gasteiger partial charge is 0.194 e. The molecule has 5 rings (SSSR count). The molecule has 0 N–H and O–H groups in total. The first kappa shape index (κ1) is 17.1. The van der Waals surface area contributed by atoms with Crippen LogP contribution in [0, 0.1) is 0 Å². The van der Waals surface area contributed by atoms with Crippen molar-refractivity contribution >= 4 is 43.4 Å². The van der Waals surface area contributed by atoms with Crippen molar-refractivity contribution in [2.75, 3.05) is 0 Å². The van der Waals surface area contributed by atoms with Gasteiger partial charge in [0.2, 0.25) is 0 Å². The molecule has 4 heteroatoms. The van der Waals surface area contributed by atoms with Gasteiger partial charge in [-0.1, -0.05) is 70.0 Å². The summed E-state index contributed by atoms with van der Waals surface area (Å²) >= 11 is 7.27. The lowest BCUT2D eigenvalue weighted by molar-refractivity contribution is 0.0979. The first-order chi connectivity index (χ1) is 12.8. The normalized spacial score (nSPS) is 15.9. The molecule has 0 spiro atoms. The van der Waals surface area contributed by atoms with Gasteiger partial charge in [-0.15, -0.1) is 0 Å². The van der Waals surface area contributed by atoms with Crippen LogP contribution in [-0.2, 0) is 5.41 Å². The Kier molecular flexibility index (Phi) is 3.47. The van der Waals surface area contributed by atoms with E-state index in [1.165, 1.54) is 5.56 Å². The van der Waals surface area contributed by atoms with Crippen molar-refractivity contribution in [3.8, 4) is 11.1 Å². The number of halogens is 2. The molecule has 0 atom stereocenters. The minimum absolute atomic E-state index is 0.0741. The molecule has 0 radical (unpaired) electrons. The minimum Gasteiger partial charge on any atom is -0.289 e. The third kappa shape index (κ3) is 2.17. The molecule has 3 aromatic rings. The highest BCUT2D eigenvalue weighted by molar-refractivity contribution is 9.11. The largest absolute Gasteiger partial charge is 0.289 e. The predicted octanol–water partition coefficient (Wildman–Crippen LogP) is 6.29. The molecule has 0 aliphatic heterocycles. The summed E-state index contributed by atoms with van der Waals surface area (Å²) in [4.78, 5) is 26.2. The maximum absolute atomic E-state index is 13.1. The Labute approximate surface area is 173 Å². The first-order valence-corrected chi connectivity index (χ1v) is 10.3. The standard InChI is InChI=1S/C23H14Br2O2/c1-23(2)18-10-17-16(21(26)12-5-3-4-6-13(12)22(17)27)9-14(18)15-7-11(24)8-19(25)20(15)23/h3-10H,1-2H3. The van der Waals surface area contributed by atoms with Crippen LogP contribution in [0.5, 0.6) is 0 Å². The van der Waals surface area contributed by atoms with Gasteiger partial charge in [-0.3, -0.25) is 9.59 Å². The van der Waals surface area contributed by atoms with E-state index >= 15 is 0 Å². The van der Waals surface area contributed by atoms with E-state index in [-0.39, 0.29) is 17.0 Å². The second-order valence-electron chi connectivity index (χ2n) is 7.58. The van der Waals surface area contributed by atoms with Gasteiger partial charge >= 0.3 is 0 Å². The van der Waals surface area contributed by atoms with Gasteiger partial charge in [0.15, 0.2) is 11.6 Å². The topological polar surface area (TPSA) is 34.1 Å². The summed E-state index contributed by atoms with van der Waals surface area (Å²) in [7, 11) is 0. The van der Waals surface area contributed by atoms with Crippen molar-refractivity contribution in [1.29, 1.82) is 0 Å². The molecule has 0 heterocycles. The number of hydrogen-bond donors (Lipinski definition) is 0. The Hall–Kier alpha value is -2.04. The van der Waals surface area contributed by atoms with E-state index in [4.69, 9.17) is 0 Å². The minimum atomic E-state index is -0.264. The number of benzene rings is 3. The lowest BCUT2D eigenvalue weighted by Gasteiger charge is -2.24. The van der Waals surface area contributed by atoms with Crippen molar-refractivity contribution in [3.05, 3.63) is 90.9 Å². The Balaban J connectivity index is 1.84. The molecule has 0 saturated carbocycles. The van der Waals surface area contributed by atoms with Gasteiger partial charge in [-0.25, -0.2) is 0 Å². The first-order valence-electron chi connectivity index (χ1n) is 8.67. The lowest BCUT2D eigenvalue weighted by Crippen LogP contribution is -2.23. The van der Waals surface area contributed by atoms with Crippen LogP contribution in [-0.4, -0.2) is 11.6 Å². The number of fused-ring (bicyclic) bond motifs is 5. The summed E-state index contributed by atoms with van der Waals surface area (Å²) < 4.78 is 1.99. The second-order valence-corrected chi connectivity index (χ2v) is 9.35. The highest BCUT2D eigenvalue weighted by Gasteiger charge is 2.40. The summed E-state index contributed by atoms with van der Waals surface area (Å²) in [6.07, 6.45) is 0. The second kappa shape index (κ2) is 5.49. The molecule has 2 nitrogen and oxygen atoms in total. The highest BCUT2D eigenvalue weighted by Crippen LogP contribution is 2.53. The lowest BCUT2D eigenvalue weighted by atomic mass is 9.78. The summed E-state index contributed by atoms with van der Waals surface area (Å²) in [5.74, 6) is -0.154. The number of hydrogen-bond acceptors (Lipinski definition) is 2. The van der Waals surface area contributed by atoms with Crippen LogP contribution < -0.4 is 0 Å². The molecule has 0 fully saturated rings. The number of rotatable bonds is 0. The molecule has 0 bridgehead atoms. The number of carbonyl (C=O) groups excluding carboxylic acids is 2. The third-order valence-corrected chi connectivity index (χ3v) is 6.79. The van der Waals surface area contributed by atoms with E-state index in [1.54, 1.807) is 24.3 Å². The quantitative estimate of drug-likeness (QED) is 0.295. The molecule has 3 aromatic carbocycles. The molecular formula is C23H14Br2O2. The zero-order valence-electron chi connectivity index (χ0n) is 14.7. The fraction of sp³-hybridized carbons (Fsp3) is 0.130. The molecule has 0 aromatic heterocycles. The van der Waals surface area contributed by atoms with Gasteiger partial charge in [0.25, 0.3) is 0 Å². The molecule has 0 amide bonds. The van der Waals surface area contributed by atoms with E-state index in [0.29, 0.717) is 22.3 Å².